The predicted molar refractivity (Wildman–Crippen MR) is 107 cm³/mol. The molecule has 1 saturated heterocycles. The van der Waals surface area contributed by atoms with Crippen molar-refractivity contribution in [3.8, 4) is 11.4 Å². The van der Waals surface area contributed by atoms with E-state index >= 15 is 0 Å². The molecule has 5 rings (SSSR count). The zero-order valence-electron chi connectivity index (χ0n) is 16.5. The number of rotatable bonds is 3. The standard InChI is InChI=1S/C21H20N6O2/c1-12-4-6-16(8-13(12)2)27-11-15(10-19(27)28)21-22-20(24-29-21)14-5-7-18-17(9-14)23-25-26(18)3/h4-9,15H,10-11H2,1-3H3. The smallest absolute Gasteiger partial charge is 0.232 e. The van der Waals surface area contributed by atoms with Crippen LogP contribution in [0.4, 0.5) is 5.69 Å². The molecular weight excluding hydrogens is 368 g/mol. The van der Waals surface area contributed by atoms with Crippen LogP contribution in [0.3, 0.4) is 0 Å². The number of carbonyl (C=O) groups is 1. The van der Waals surface area contributed by atoms with E-state index < -0.39 is 0 Å². The largest absolute Gasteiger partial charge is 0.339 e. The van der Waals surface area contributed by atoms with Crippen LogP contribution in [-0.2, 0) is 11.8 Å². The number of fused-ring (bicyclic) bond motifs is 1. The Morgan fingerprint density at radius 2 is 1.97 bits per heavy atom. The van der Waals surface area contributed by atoms with E-state index in [1.165, 1.54) is 11.1 Å². The molecule has 1 amide bonds. The summed E-state index contributed by atoms with van der Waals surface area (Å²) >= 11 is 0. The molecule has 0 bridgehead atoms. The third-order valence-corrected chi connectivity index (χ3v) is 5.59. The van der Waals surface area contributed by atoms with Crippen molar-refractivity contribution < 1.29 is 9.32 Å². The maximum Gasteiger partial charge on any atom is 0.232 e. The van der Waals surface area contributed by atoms with Gasteiger partial charge in [-0.15, -0.1) is 5.10 Å². The highest BCUT2D eigenvalue weighted by Crippen LogP contribution is 2.33. The Kier molecular flexibility index (Phi) is 3.94. The van der Waals surface area contributed by atoms with Gasteiger partial charge in [0.2, 0.25) is 17.6 Å². The van der Waals surface area contributed by atoms with Crippen molar-refractivity contribution in [2.45, 2.75) is 26.2 Å². The summed E-state index contributed by atoms with van der Waals surface area (Å²) in [4.78, 5) is 19.0. The molecule has 3 heterocycles. The van der Waals surface area contributed by atoms with Crippen LogP contribution in [0.25, 0.3) is 22.4 Å². The first kappa shape index (κ1) is 17.5. The van der Waals surface area contributed by atoms with Crippen molar-refractivity contribution in [1.29, 1.82) is 0 Å². The first-order valence-corrected chi connectivity index (χ1v) is 9.50. The topological polar surface area (TPSA) is 89.9 Å². The minimum Gasteiger partial charge on any atom is -0.339 e. The van der Waals surface area contributed by atoms with Gasteiger partial charge >= 0.3 is 0 Å². The molecule has 1 aliphatic heterocycles. The third kappa shape index (κ3) is 2.97. The number of amides is 1. The Labute approximate surface area is 167 Å². The van der Waals surface area contributed by atoms with Gasteiger partial charge in [-0.3, -0.25) is 4.79 Å². The van der Waals surface area contributed by atoms with Gasteiger partial charge in [-0.25, -0.2) is 4.68 Å². The molecule has 0 N–H and O–H groups in total. The lowest BCUT2D eigenvalue weighted by molar-refractivity contribution is -0.117. The van der Waals surface area contributed by atoms with Gasteiger partial charge in [-0.1, -0.05) is 16.4 Å². The first-order valence-electron chi connectivity index (χ1n) is 9.50. The molecule has 1 fully saturated rings. The number of aryl methyl sites for hydroxylation is 3. The lowest BCUT2D eigenvalue weighted by atomic mass is 10.1. The molecule has 0 radical (unpaired) electrons. The van der Waals surface area contributed by atoms with Crippen molar-refractivity contribution in [1.82, 2.24) is 25.1 Å². The minimum atomic E-state index is -0.120. The second-order valence-corrected chi connectivity index (χ2v) is 7.55. The SMILES string of the molecule is Cc1ccc(N2CC(c3nc(-c4ccc5c(c4)nnn5C)no3)CC2=O)cc1C. The Balaban J connectivity index is 1.40. The maximum absolute atomic E-state index is 12.6. The fourth-order valence-electron chi connectivity index (χ4n) is 3.71. The number of hydrogen-bond donors (Lipinski definition) is 0. The summed E-state index contributed by atoms with van der Waals surface area (Å²) in [5, 5.41) is 12.3. The van der Waals surface area contributed by atoms with E-state index in [1.807, 2.05) is 43.4 Å². The van der Waals surface area contributed by atoms with E-state index in [9.17, 15) is 4.79 Å². The number of anilines is 1. The van der Waals surface area contributed by atoms with Gasteiger partial charge < -0.3 is 9.42 Å². The van der Waals surface area contributed by atoms with Crippen LogP contribution in [0.5, 0.6) is 0 Å². The predicted octanol–water partition coefficient (Wildman–Crippen LogP) is 3.16. The van der Waals surface area contributed by atoms with Crippen LogP contribution in [-0.4, -0.2) is 37.6 Å². The zero-order chi connectivity index (χ0) is 20.1. The fraction of sp³-hybridized carbons (Fsp3) is 0.286. The molecule has 1 aliphatic rings. The van der Waals surface area contributed by atoms with Crippen LogP contribution in [0, 0.1) is 13.8 Å². The first-order chi connectivity index (χ1) is 14.0. The van der Waals surface area contributed by atoms with Crippen molar-refractivity contribution in [2.75, 3.05) is 11.4 Å². The molecule has 1 unspecified atom stereocenters. The summed E-state index contributed by atoms with van der Waals surface area (Å²) in [7, 11) is 1.85. The third-order valence-electron chi connectivity index (χ3n) is 5.59. The summed E-state index contributed by atoms with van der Waals surface area (Å²) in [5.74, 6) is 0.924. The molecular formula is C21H20N6O2. The molecule has 29 heavy (non-hydrogen) atoms. The molecule has 4 aromatic rings. The number of hydrogen-bond acceptors (Lipinski definition) is 6. The zero-order valence-corrected chi connectivity index (χ0v) is 16.5. The molecule has 1 atom stereocenters. The van der Waals surface area contributed by atoms with Crippen LogP contribution in [0.1, 0.15) is 29.4 Å². The van der Waals surface area contributed by atoms with Gasteiger partial charge in [-0.2, -0.15) is 4.98 Å². The maximum atomic E-state index is 12.6. The second kappa shape index (κ2) is 6.51. The van der Waals surface area contributed by atoms with Gasteiger partial charge in [0.15, 0.2) is 0 Å². The highest BCUT2D eigenvalue weighted by atomic mass is 16.5. The average Bonchev–Trinajstić information content (AvgIpc) is 3.43. The Morgan fingerprint density at radius 1 is 1.10 bits per heavy atom. The summed E-state index contributed by atoms with van der Waals surface area (Å²) in [6.45, 7) is 4.65. The molecule has 0 spiro atoms. The average molecular weight is 388 g/mol. The Hall–Kier alpha value is -3.55. The van der Waals surface area contributed by atoms with Crippen molar-refractivity contribution in [3.05, 3.63) is 53.4 Å². The van der Waals surface area contributed by atoms with Gasteiger partial charge in [0.25, 0.3) is 0 Å². The Bertz CT molecular complexity index is 1240. The van der Waals surface area contributed by atoms with Gasteiger partial charge in [0.05, 0.1) is 11.4 Å². The van der Waals surface area contributed by atoms with Crippen molar-refractivity contribution in [2.24, 2.45) is 7.05 Å². The van der Waals surface area contributed by atoms with Gasteiger partial charge in [0.1, 0.15) is 5.52 Å². The van der Waals surface area contributed by atoms with Gasteiger partial charge in [0, 0.05) is 31.3 Å². The monoisotopic (exact) mass is 388 g/mol. The highest BCUT2D eigenvalue weighted by Gasteiger charge is 2.35. The van der Waals surface area contributed by atoms with E-state index in [0.29, 0.717) is 24.7 Å². The van der Waals surface area contributed by atoms with Gasteiger partial charge in [-0.05, 0) is 55.3 Å². The Morgan fingerprint density at radius 3 is 2.79 bits per heavy atom. The lowest BCUT2D eigenvalue weighted by Gasteiger charge is -2.17. The molecule has 146 valence electrons. The van der Waals surface area contributed by atoms with E-state index in [2.05, 4.69) is 34.3 Å². The summed E-state index contributed by atoms with van der Waals surface area (Å²) < 4.78 is 7.23. The number of benzene rings is 2. The second-order valence-electron chi connectivity index (χ2n) is 7.55. The minimum absolute atomic E-state index is 0.0685. The van der Waals surface area contributed by atoms with Crippen molar-refractivity contribution >= 4 is 22.6 Å². The molecule has 2 aromatic carbocycles. The van der Waals surface area contributed by atoms with E-state index in [-0.39, 0.29) is 11.8 Å². The van der Waals surface area contributed by atoms with Crippen molar-refractivity contribution in [3.63, 3.8) is 0 Å². The van der Waals surface area contributed by atoms with E-state index in [4.69, 9.17) is 4.52 Å². The molecule has 8 heteroatoms. The number of aromatic nitrogens is 5. The molecule has 0 aliphatic carbocycles. The summed E-state index contributed by atoms with van der Waals surface area (Å²) in [5.41, 5.74) is 5.80. The molecule has 2 aromatic heterocycles. The quantitative estimate of drug-likeness (QED) is 0.536. The summed E-state index contributed by atoms with van der Waals surface area (Å²) in [6.07, 6.45) is 0.359. The molecule has 0 saturated carbocycles. The van der Waals surface area contributed by atoms with E-state index in [1.54, 1.807) is 9.58 Å². The van der Waals surface area contributed by atoms with Crippen LogP contribution in [0.2, 0.25) is 0 Å². The van der Waals surface area contributed by atoms with Crippen LogP contribution in [0.15, 0.2) is 40.9 Å². The molecule has 8 nitrogen and oxygen atoms in total. The lowest BCUT2D eigenvalue weighted by Crippen LogP contribution is -2.24. The van der Waals surface area contributed by atoms with Crippen LogP contribution < -0.4 is 4.90 Å². The van der Waals surface area contributed by atoms with Crippen LogP contribution >= 0.6 is 0 Å². The number of carbonyl (C=O) groups excluding carboxylic acids is 1. The fourth-order valence-corrected chi connectivity index (χ4v) is 3.71. The normalized spacial score (nSPS) is 16.9. The summed E-state index contributed by atoms with van der Waals surface area (Å²) in [6, 6.07) is 11.8. The number of nitrogens with zero attached hydrogens (tertiary/aromatic N) is 6. The van der Waals surface area contributed by atoms with E-state index in [0.717, 1.165) is 22.3 Å². The highest BCUT2D eigenvalue weighted by molar-refractivity contribution is 5.96.